The third-order valence-electron chi connectivity index (χ3n) is 1.87. The molecule has 0 amide bonds. The highest BCUT2D eigenvalue weighted by Gasteiger charge is 2.07. The van der Waals surface area contributed by atoms with Crippen molar-refractivity contribution >= 4 is 23.2 Å². The summed E-state index contributed by atoms with van der Waals surface area (Å²) in [6, 6.07) is 6.00. The Balaban J connectivity index is 3.14. The van der Waals surface area contributed by atoms with Gasteiger partial charge in [-0.05, 0) is 17.0 Å². The van der Waals surface area contributed by atoms with Crippen LogP contribution in [-0.4, -0.2) is 0 Å². The molecule has 0 unspecified atom stereocenters. The second-order valence-electron chi connectivity index (χ2n) is 3.11. The molecule has 0 fully saturated rings. The van der Waals surface area contributed by atoms with E-state index < -0.39 is 0 Å². The minimum atomic E-state index is 0.459. The van der Waals surface area contributed by atoms with Crippen molar-refractivity contribution in [3.8, 4) is 0 Å². The van der Waals surface area contributed by atoms with Crippen LogP contribution in [0.2, 0.25) is 5.02 Å². The quantitative estimate of drug-likeness (QED) is 0.631. The van der Waals surface area contributed by atoms with E-state index >= 15 is 0 Å². The predicted molar refractivity (Wildman–Crippen MR) is 55.1 cm³/mol. The Bertz CT molecular complexity index is 267. The smallest absolute Gasteiger partial charge is 0.0488 e. The summed E-state index contributed by atoms with van der Waals surface area (Å²) in [7, 11) is 0. The van der Waals surface area contributed by atoms with Crippen LogP contribution in [0, 0.1) is 0 Å². The van der Waals surface area contributed by atoms with Crippen LogP contribution in [-0.2, 0) is 5.88 Å². The van der Waals surface area contributed by atoms with Gasteiger partial charge in [-0.3, -0.25) is 0 Å². The van der Waals surface area contributed by atoms with Gasteiger partial charge in [0, 0.05) is 10.9 Å². The molecule has 12 heavy (non-hydrogen) atoms. The molecule has 0 saturated carbocycles. The summed E-state index contributed by atoms with van der Waals surface area (Å²) in [5.41, 5.74) is 2.19. The Labute approximate surface area is 83.5 Å². The van der Waals surface area contributed by atoms with Crippen LogP contribution in [0.25, 0.3) is 0 Å². The van der Waals surface area contributed by atoms with Gasteiger partial charge in [0.05, 0.1) is 0 Å². The Morgan fingerprint density at radius 1 is 1.33 bits per heavy atom. The van der Waals surface area contributed by atoms with Crippen LogP contribution < -0.4 is 0 Å². The molecule has 1 aromatic carbocycles. The molecule has 0 radical (unpaired) electrons. The largest absolute Gasteiger partial charge is 0.121 e. The molecule has 0 aliphatic carbocycles. The van der Waals surface area contributed by atoms with Crippen LogP contribution in [0.3, 0.4) is 0 Å². The summed E-state index contributed by atoms with van der Waals surface area (Å²) in [6.45, 7) is 4.25. The average Bonchev–Trinajstić information content (AvgIpc) is 2.04. The molecule has 1 rings (SSSR count). The van der Waals surface area contributed by atoms with Crippen molar-refractivity contribution in [2.75, 3.05) is 0 Å². The van der Waals surface area contributed by atoms with Gasteiger partial charge in [0.1, 0.15) is 0 Å². The Hall–Kier alpha value is -0.200. The van der Waals surface area contributed by atoms with Crippen molar-refractivity contribution in [1.29, 1.82) is 0 Å². The number of hydrogen-bond donors (Lipinski definition) is 0. The maximum absolute atomic E-state index is 6.12. The molecule has 0 atom stereocenters. The molecular formula is C10H12Cl2. The maximum Gasteiger partial charge on any atom is 0.0488 e. The molecule has 0 heterocycles. The van der Waals surface area contributed by atoms with E-state index in [1.54, 1.807) is 0 Å². The summed E-state index contributed by atoms with van der Waals surface area (Å²) >= 11 is 11.8. The fourth-order valence-corrected chi connectivity index (χ4v) is 1.85. The van der Waals surface area contributed by atoms with Gasteiger partial charge in [-0.25, -0.2) is 0 Å². The van der Waals surface area contributed by atoms with Crippen LogP contribution in [0.4, 0.5) is 0 Å². The second kappa shape index (κ2) is 4.15. The van der Waals surface area contributed by atoms with E-state index in [9.17, 15) is 0 Å². The molecule has 2 heteroatoms. The van der Waals surface area contributed by atoms with E-state index in [4.69, 9.17) is 23.2 Å². The van der Waals surface area contributed by atoms with Crippen molar-refractivity contribution in [2.45, 2.75) is 25.6 Å². The Morgan fingerprint density at radius 3 is 2.50 bits per heavy atom. The zero-order chi connectivity index (χ0) is 9.14. The van der Waals surface area contributed by atoms with Crippen LogP contribution in [0.5, 0.6) is 0 Å². The molecule has 0 spiro atoms. The van der Waals surface area contributed by atoms with E-state index in [0.29, 0.717) is 11.8 Å². The maximum atomic E-state index is 6.12. The van der Waals surface area contributed by atoms with Crippen molar-refractivity contribution in [2.24, 2.45) is 0 Å². The molecule has 0 aromatic heterocycles. The molecule has 66 valence electrons. The van der Waals surface area contributed by atoms with Gasteiger partial charge >= 0.3 is 0 Å². The molecule has 0 saturated heterocycles. The summed E-state index contributed by atoms with van der Waals surface area (Å²) in [5.74, 6) is 0.944. The minimum absolute atomic E-state index is 0.459. The van der Waals surface area contributed by atoms with Crippen molar-refractivity contribution in [1.82, 2.24) is 0 Å². The predicted octanol–water partition coefficient (Wildman–Crippen LogP) is 4.20. The monoisotopic (exact) mass is 202 g/mol. The zero-order valence-corrected chi connectivity index (χ0v) is 8.78. The summed E-state index contributed by atoms with van der Waals surface area (Å²) in [5, 5.41) is 0.822. The highest BCUT2D eigenvalue weighted by molar-refractivity contribution is 6.33. The molecule has 1 aromatic rings. The van der Waals surface area contributed by atoms with Crippen molar-refractivity contribution in [3.63, 3.8) is 0 Å². The summed E-state index contributed by atoms with van der Waals surface area (Å²) in [6.07, 6.45) is 0. The van der Waals surface area contributed by atoms with Gasteiger partial charge < -0.3 is 0 Å². The topological polar surface area (TPSA) is 0 Å². The van der Waals surface area contributed by atoms with Gasteiger partial charge in [0.15, 0.2) is 0 Å². The van der Waals surface area contributed by atoms with Gasteiger partial charge in [-0.2, -0.15) is 0 Å². The molecule has 0 bridgehead atoms. The summed E-state index contributed by atoms with van der Waals surface area (Å²) < 4.78 is 0. The van der Waals surface area contributed by atoms with Crippen LogP contribution in [0.1, 0.15) is 30.9 Å². The van der Waals surface area contributed by atoms with Crippen LogP contribution in [0.15, 0.2) is 18.2 Å². The van der Waals surface area contributed by atoms with Crippen molar-refractivity contribution in [3.05, 3.63) is 34.3 Å². The third-order valence-corrected chi connectivity index (χ3v) is 2.62. The molecule has 0 aliphatic rings. The van der Waals surface area contributed by atoms with Gasteiger partial charge in [-0.1, -0.05) is 43.6 Å². The van der Waals surface area contributed by atoms with Gasteiger partial charge in [0.2, 0.25) is 0 Å². The fourth-order valence-electron chi connectivity index (χ4n) is 1.15. The first-order chi connectivity index (χ1) is 5.66. The third kappa shape index (κ3) is 1.94. The number of benzene rings is 1. The SMILES string of the molecule is CC(C)c1cccc(CCl)c1Cl. The van der Waals surface area contributed by atoms with E-state index in [-0.39, 0.29) is 0 Å². The molecular weight excluding hydrogens is 191 g/mol. The first kappa shape index (κ1) is 9.88. The first-order valence-electron chi connectivity index (χ1n) is 4.00. The van der Waals surface area contributed by atoms with E-state index in [2.05, 4.69) is 13.8 Å². The lowest BCUT2D eigenvalue weighted by atomic mass is 10.0. The number of alkyl halides is 1. The lowest BCUT2D eigenvalue weighted by Gasteiger charge is -2.10. The van der Waals surface area contributed by atoms with E-state index in [1.807, 2.05) is 18.2 Å². The average molecular weight is 203 g/mol. The lowest BCUT2D eigenvalue weighted by molar-refractivity contribution is 0.865. The second-order valence-corrected chi connectivity index (χ2v) is 3.75. The molecule has 0 N–H and O–H groups in total. The zero-order valence-electron chi connectivity index (χ0n) is 7.27. The molecule has 0 nitrogen and oxygen atoms in total. The van der Waals surface area contributed by atoms with E-state index in [1.165, 1.54) is 5.56 Å². The lowest BCUT2D eigenvalue weighted by Crippen LogP contribution is -1.91. The normalized spacial score (nSPS) is 10.8. The Morgan fingerprint density at radius 2 is 2.00 bits per heavy atom. The Kier molecular flexibility index (Phi) is 3.42. The number of rotatable bonds is 2. The summed E-state index contributed by atoms with van der Waals surface area (Å²) in [4.78, 5) is 0. The van der Waals surface area contributed by atoms with E-state index in [0.717, 1.165) is 10.6 Å². The van der Waals surface area contributed by atoms with Crippen LogP contribution >= 0.6 is 23.2 Å². The highest BCUT2D eigenvalue weighted by atomic mass is 35.5. The molecule has 0 aliphatic heterocycles. The van der Waals surface area contributed by atoms with Crippen molar-refractivity contribution < 1.29 is 0 Å². The minimum Gasteiger partial charge on any atom is -0.121 e. The fraction of sp³-hybridized carbons (Fsp3) is 0.400. The van der Waals surface area contributed by atoms with Gasteiger partial charge in [-0.15, -0.1) is 11.6 Å². The number of halogens is 2. The van der Waals surface area contributed by atoms with Gasteiger partial charge in [0.25, 0.3) is 0 Å². The standard InChI is InChI=1S/C10H12Cl2/c1-7(2)9-5-3-4-8(6-11)10(9)12/h3-5,7H,6H2,1-2H3. The number of hydrogen-bond acceptors (Lipinski definition) is 0. The highest BCUT2D eigenvalue weighted by Crippen LogP contribution is 2.28. The first-order valence-corrected chi connectivity index (χ1v) is 4.91.